The molecule has 0 aromatic carbocycles. The summed E-state index contributed by atoms with van der Waals surface area (Å²) in [4.78, 5) is 38.9. The molecular formula is C16H21F3N2O5S. The molecule has 1 heterocycles. The van der Waals surface area contributed by atoms with Gasteiger partial charge in [-0.05, 0) is 18.8 Å². The molecule has 2 atom stereocenters. The number of thiazole rings is 1. The number of alkyl halides is 3. The Balaban J connectivity index is 2.72. The zero-order chi connectivity index (χ0) is 20.8. The number of aromatic nitrogens is 1. The van der Waals surface area contributed by atoms with Crippen LogP contribution >= 0.6 is 11.3 Å². The molecule has 7 nitrogen and oxygen atoms in total. The van der Waals surface area contributed by atoms with Gasteiger partial charge in [-0.25, -0.2) is 4.98 Å². The van der Waals surface area contributed by atoms with Gasteiger partial charge < -0.3 is 9.84 Å². The molecule has 0 aliphatic rings. The van der Waals surface area contributed by atoms with E-state index in [-0.39, 0.29) is 30.3 Å². The number of hydrogen-bond donors (Lipinski definition) is 2. The fourth-order valence-electron chi connectivity index (χ4n) is 2.08. The molecule has 0 fully saturated rings. The summed E-state index contributed by atoms with van der Waals surface area (Å²) < 4.78 is 41.3. The largest absolute Gasteiger partial charge is 0.471 e. The maximum absolute atomic E-state index is 12.3. The van der Waals surface area contributed by atoms with Crippen molar-refractivity contribution >= 4 is 34.1 Å². The summed E-state index contributed by atoms with van der Waals surface area (Å²) in [5.41, 5.74) is 0.323. The minimum Gasteiger partial charge on any atom is -0.468 e. The SMILES string of the molecule is COC(=O)C(CCc1csc(NC(=O)C(F)(F)F)n1)C(=O)CC(O)C(C)C. The van der Waals surface area contributed by atoms with Crippen LogP contribution in [0.4, 0.5) is 18.3 Å². The molecule has 1 amide bonds. The van der Waals surface area contributed by atoms with Gasteiger partial charge in [-0.1, -0.05) is 13.8 Å². The highest BCUT2D eigenvalue weighted by Gasteiger charge is 2.39. The molecule has 1 aromatic rings. The van der Waals surface area contributed by atoms with E-state index in [1.807, 2.05) is 0 Å². The van der Waals surface area contributed by atoms with Gasteiger partial charge in [0, 0.05) is 11.8 Å². The van der Waals surface area contributed by atoms with Gasteiger partial charge in [-0.3, -0.25) is 19.7 Å². The zero-order valence-electron chi connectivity index (χ0n) is 15.0. The number of nitrogens with one attached hydrogen (secondary N) is 1. The first-order valence-corrected chi connectivity index (χ1v) is 8.94. The van der Waals surface area contributed by atoms with Crippen molar-refractivity contribution in [1.29, 1.82) is 0 Å². The van der Waals surface area contributed by atoms with Gasteiger partial charge in [0.1, 0.15) is 11.7 Å². The summed E-state index contributed by atoms with van der Waals surface area (Å²) in [6.07, 6.45) is -5.99. The topological polar surface area (TPSA) is 106 Å². The maximum atomic E-state index is 12.3. The van der Waals surface area contributed by atoms with E-state index in [2.05, 4.69) is 9.72 Å². The van der Waals surface area contributed by atoms with E-state index in [0.29, 0.717) is 5.69 Å². The fraction of sp³-hybridized carbons (Fsp3) is 0.625. The molecule has 27 heavy (non-hydrogen) atoms. The van der Waals surface area contributed by atoms with Crippen LogP contribution in [0.25, 0.3) is 0 Å². The van der Waals surface area contributed by atoms with Gasteiger partial charge in [0.25, 0.3) is 0 Å². The van der Waals surface area contributed by atoms with Crippen molar-refractivity contribution in [1.82, 2.24) is 4.98 Å². The van der Waals surface area contributed by atoms with E-state index in [9.17, 15) is 32.7 Å². The van der Waals surface area contributed by atoms with Crippen LogP contribution in [-0.2, 0) is 25.5 Å². The van der Waals surface area contributed by atoms with Crippen LogP contribution < -0.4 is 5.32 Å². The Hall–Kier alpha value is -2.01. The average Bonchev–Trinajstić information content (AvgIpc) is 3.00. The summed E-state index contributed by atoms with van der Waals surface area (Å²) in [7, 11) is 1.13. The third-order valence-electron chi connectivity index (χ3n) is 3.77. The molecule has 152 valence electrons. The molecular weight excluding hydrogens is 389 g/mol. The Morgan fingerprint density at radius 1 is 1.33 bits per heavy atom. The highest BCUT2D eigenvalue weighted by Crippen LogP contribution is 2.23. The molecule has 0 aliphatic heterocycles. The molecule has 0 saturated heterocycles. The Morgan fingerprint density at radius 2 is 1.96 bits per heavy atom. The van der Waals surface area contributed by atoms with Crippen LogP contribution in [0, 0.1) is 11.8 Å². The second-order valence-corrected chi connectivity index (χ2v) is 7.05. The van der Waals surface area contributed by atoms with Crippen LogP contribution in [0.5, 0.6) is 0 Å². The molecule has 2 N–H and O–H groups in total. The van der Waals surface area contributed by atoms with Gasteiger partial charge in [-0.15, -0.1) is 11.3 Å². The van der Waals surface area contributed by atoms with E-state index in [0.717, 1.165) is 18.4 Å². The van der Waals surface area contributed by atoms with Crippen molar-refractivity contribution in [3.63, 3.8) is 0 Å². The number of ether oxygens (including phenoxy) is 1. The van der Waals surface area contributed by atoms with Crippen molar-refractivity contribution in [3.8, 4) is 0 Å². The maximum Gasteiger partial charge on any atom is 0.471 e. The number of Topliss-reactive ketones (excluding diaryl/α,β-unsaturated/α-hetero) is 1. The minimum atomic E-state index is -5.02. The first kappa shape index (κ1) is 23.0. The van der Waals surface area contributed by atoms with Crippen LogP contribution in [0.15, 0.2) is 5.38 Å². The predicted molar refractivity (Wildman–Crippen MR) is 91.1 cm³/mol. The Labute approximate surface area is 157 Å². The number of aryl methyl sites for hydroxylation is 1. The van der Waals surface area contributed by atoms with E-state index < -0.39 is 35.9 Å². The Kier molecular flexibility index (Phi) is 8.35. The number of aliphatic hydroxyl groups is 1. The number of carbonyl (C=O) groups excluding carboxylic acids is 3. The number of halogens is 3. The van der Waals surface area contributed by atoms with Gasteiger partial charge in [0.15, 0.2) is 5.13 Å². The number of carbonyl (C=O) groups is 3. The number of amides is 1. The number of esters is 1. The Bertz CT molecular complexity index is 675. The second-order valence-electron chi connectivity index (χ2n) is 6.19. The van der Waals surface area contributed by atoms with E-state index in [4.69, 9.17) is 0 Å². The van der Waals surface area contributed by atoms with Crippen molar-refractivity contribution in [3.05, 3.63) is 11.1 Å². The molecule has 0 spiro atoms. The summed E-state index contributed by atoms with van der Waals surface area (Å²) in [5, 5.41) is 12.7. The summed E-state index contributed by atoms with van der Waals surface area (Å²) >= 11 is 0.799. The van der Waals surface area contributed by atoms with Gasteiger partial charge >= 0.3 is 18.1 Å². The molecule has 11 heteroatoms. The lowest BCUT2D eigenvalue weighted by molar-refractivity contribution is -0.167. The molecule has 1 aromatic heterocycles. The first-order chi connectivity index (χ1) is 12.5. The van der Waals surface area contributed by atoms with E-state index in [1.54, 1.807) is 19.2 Å². The van der Waals surface area contributed by atoms with Crippen molar-refractivity contribution in [2.45, 2.75) is 45.4 Å². The van der Waals surface area contributed by atoms with E-state index in [1.165, 1.54) is 5.38 Å². The molecule has 2 unspecified atom stereocenters. The number of hydrogen-bond acceptors (Lipinski definition) is 7. The van der Waals surface area contributed by atoms with Crippen LogP contribution in [-0.4, -0.2) is 47.1 Å². The highest BCUT2D eigenvalue weighted by molar-refractivity contribution is 7.13. The molecule has 0 radical (unpaired) electrons. The normalized spacial score (nSPS) is 13.9. The zero-order valence-corrected chi connectivity index (χ0v) is 15.8. The minimum absolute atomic E-state index is 0.0205. The summed E-state index contributed by atoms with van der Waals surface area (Å²) in [5.74, 6) is -4.64. The lowest BCUT2D eigenvalue weighted by atomic mass is 9.91. The second kappa shape index (κ2) is 9.79. The third kappa shape index (κ3) is 7.25. The first-order valence-electron chi connectivity index (χ1n) is 8.06. The summed E-state index contributed by atoms with van der Waals surface area (Å²) in [6.45, 7) is 3.47. The standard InChI is InChI=1S/C16H21F3N2O5S/c1-8(2)11(22)6-12(23)10(13(24)26-3)5-4-9-7-27-15(20-9)21-14(25)16(17,18)19/h7-8,10-11,22H,4-6H2,1-3H3,(H,20,21,25). The third-order valence-corrected chi connectivity index (χ3v) is 4.58. The van der Waals surface area contributed by atoms with Gasteiger partial charge in [0.2, 0.25) is 0 Å². The molecule has 0 aliphatic carbocycles. The van der Waals surface area contributed by atoms with E-state index >= 15 is 0 Å². The number of anilines is 1. The lowest BCUT2D eigenvalue weighted by Crippen LogP contribution is -2.30. The smallest absolute Gasteiger partial charge is 0.468 e. The van der Waals surface area contributed by atoms with Crippen molar-refractivity contribution in [2.75, 3.05) is 12.4 Å². The average molecular weight is 410 g/mol. The number of rotatable bonds is 9. The molecule has 0 bridgehead atoms. The summed E-state index contributed by atoms with van der Waals surface area (Å²) in [6, 6.07) is 0. The van der Waals surface area contributed by atoms with Gasteiger partial charge in [0.05, 0.1) is 18.9 Å². The molecule has 0 saturated carbocycles. The van der Waals surface area contributed by atoms with Crippen LogP contribution in [0.1, 0.15) is 32.4 Å². The van der Waals surface area contributed by atoms with Crippen LogP contribution in [0.2, 0.25) is 0 Å². The van der Waals surface area contributed by atoms with Crippen LogP contribution in [0.3, 0.4) is 0 Å². The Morgan fingerprint density at radius 3 is 2.48 bits per heavy atom. The highest BCUT2D eigenvalue weighted by atomic mass is 32.1. The van der Waals surface area contributed by atoms with Crippen molar-refractivity contribution in [2.24, 2.45) is 11.8 Å². The monoisotopic (exact) mass is 410 g/mol. The molecule has 1 rings (SSSR count). The van der Waals surface area contributed by atoms with Crippen molar-refractivity contribution < 1.29 is 37.4 Å². The number of ketones is 1. The van der Waals surface area contributed by atoms with Gasteiger partial charge in [-0.2, -0.15) is 13.2 Å². The number of methoxy groups -OCH3 is 1. The predicted octanol–water partition coefficient (Wildman–Crippen LogP) is 2.34. The number of nitrogens with zero attached hydrogens (tertiary/aromatic N) is 1. The quantitative estimate of drug-likeness (QED) is 0.478. The fourth-order valence-corrected chi connectivity index (χ4v) is 2.82. The lowest BCUT2D eigenvalue weighted by Gasteiger charge is -2.17. The number of aliphatic hydroxyl groups excluding tert-OH is 1.